The fourth-order valence-electron chi connectivity index (χ4n) is 1.98. The normalized spacial score (nSPS) is 10.5. The highest BCUT2D eigenvalue weighted by molar-refractivity contribution is 5.84. The lowest BCUT2D eigenvalue weighted by Gasteiger charge is -2.09. The van der Waals surface area contributed by atoms with Crippen molar-refractivity contribution in [3.05, 3.63) is 36.0 Å². The number of aromatic nitrogens is 1. The Balaban J connectivity index is 1.93. The largest absolute Gasteiger partial charge is 0.491 e. The van der Waals surface area contributed by atoms with E-state index in [1.165, 1.54) is 0 Å². The van der Waals surface area contributed by atoms with Crippen LogP contribution in [0.1, 0.15) is 25.0 Å². The molecule has 5 heteroatoms. The van der Waals surface area contributed by atoms with Crippen molar-refractivity contribution in [1.82, 2.24) is 10.4 Å². The van der Waals surface area contributed by atoms with Gasteiger partial charge >= 0.3 is 0 Å². The monoisotopic (exact) mass is 273 g/mol. The van der Waals surface area contributed by atoms with Gasteiger partial charge in [0.1, 0.15) is 11.3 Å². The van der Waals surface area contributed by atoms with Crippen LogP contribution in [0.2, 0.25) is 0 Å². The number of benzene rings is 1. The number of ether oxygens (including phenoxy) is 1. The van der Waals surface area contributed by atoms with Crippen LogP contribution in [0, 0.1) is 6.92 Å². The van der Waals surface area contributed by atoms with Gasteiger partial charge in [-0.25, -0.2) is 10.8 Å². The van der Waals surface area contributed by atoms with Crippen molar-refractivity contribution in [3.63, 3.8) is 0 Å². The van der Waals surface area contributed by atoms with Gasteiger partial charge in [-0.15, -0.1) is 0 Å². The zero-order valence-electron chi connectivity index (χ0n) is 11.6. The van der Waals surface area contributed by atoms with Gasteiger partial charge in [0.25, 0.3) is 0 Å². The van der Waals surface area contributed by atoms with Gasteiger partial charge in [-0.3, -0.25) is 10.2 Å². The van der Waals surface area contributed by atoms with Crippen LogP contribution in [-0.4, -0.2) is 17.5 Å². The second kappa shape index (κ2) is 6.86. The molecule has 5 nitrogen and oxygen atoms in total. The van der Waals surface area contributed by atoms with Crippen molar-refractivity contribution >= 4 is 16.8 Å². The van der Waals surface area contributed by atoms with Gasteiger partial charge in [-0.05, 0) is 31.9 Å². The van der Waals surface area contributed by atoms with Crippen molar-refractivity contribution in [1.29, 1.82) is 0 Å². The number of hydrogen-bond acceptors (Lipinski definition) is 4. The summed E-state index contributed by atoms with van der Waals surface area (Å²) in [7, 11) is 0. The first-order chi connectivity index (χ1) is 9.70. The summed E-state index contributed by atoms with van der Waals surface area (Å²) in [5.74, 6) is 5.66. The molecule has 0 fully saturated rings. The number of rotatable bonds is 6. The van der Waals surface area contributed by atoms with E-state index in [0.29, 0.717) is 13.0 Å². The summed E-state index contributed by atoms with van der Waals surface area (Å²) >= 11 is 0. The van der Waals surface area contributed by atoms with Crippen molar-refractivity contribution in [2.45, 2.75) is 26.2 Å². The Bertz CT molecular complexity index is 599. The number of amides is 1. The number of carbonyl (C=O) groups is 1. The smallest absolute Gasteiger partial charge is 0.233 e. The Hall–Kier alpha value is -2.14. The summed E-state index contributed by atoms with van der Waals surface area (Å²) in [6.07, 6.45) is 1.97. The van der Waals surface area contributed by atoms with E-state index in [0.717, 1.165) is 35.2 Å². The molecule has 0 spiro atoms. The maximum absolute atomic E-state index is 11.0. The second-order valence-corrected chi connectivity index (χ2v) is 4.65. The number of para-hydroxylation sites is 1. The van der Waals surface area contributed by atoms with E-state index >= 15 is 0 Å². The highest BCUT2D eigenvalue weighted by Gasteiger charge is 2.04. The molecule has 3 N–H and O–H groups in total. The molecule has 0 saturated carbocycles. The van der Waals surface area contributed by atoms with Crippen LogP contribution in [0.15, 0.2) is 30.3 Å². The summed E-state index contributed by atoms with van der Waals surface area (Å²) < 4.78 is 5.76. The second-order valence-electron chi connectivity index (χ2n) is 4.65. The van der Waals surface area contributed by atoms with E-state index < -0.39 is 0 Å². The topological polar surface area (TPSA) is 77.2 Å². The van der Waals surface area contributed by atoms with E-state index in [2.05, 4.69) is 10.4 Å². The average molecular weight is 273 g/mol. The molecule has 0 bridgehead atoms. The highest BCUT2D eigenvalue weighted by atomic mass is 16.5. The van der Waals surface area contributed by atoms with Crippen LogP contribution in [0.4, 0.5) is 0 Å². The van der Waals surface area contributed by atoms with Gasteiger partial charge in [0.2, 0.25) is 5.91 Å². The third-order valence-electron chi connectivity index (χ3n) is 3.04. The molecule has 2 rings (SSSR count). The van der Waals surface area contributed by atoms with Crippen LogP contribution >= 0.6 is 0 Å². The highest BCUT2D eigenvalue weighted by Crippen LogP contribution is 2.24. The van der Waals surface area contributed by atoms with E-state index in [9.17, 15) is 4.79 Å². The number of carbonyl (C=O) groups excluding carboxylic acids is 1. The molecule has 0 aliphatic carbocycles. The fraction of sp³-hybridized carbons (Fsp3) is 0.333. The molecule has 106 valence electrons. The number of nitrogens with one attached hydrogen (secondary N) is 1. The van der Waals surface area contributed by atoms with Gasteiger partial charge < -0.3 is 4.74 Å². The molecule has 0 atom stereocenters. The molecule has 0 aliphatic heterocycles. The van der Waals surface area contributed by atoms with Gasteiger partial charge in [0.15, 0.2) is 0 Å². The summed E-state index contributed by atoms with van der Waals surface area (Å²) in [5.41, 5.74) is 3.96. The van der Waals surface area contributed by atoms with Gasteiger partial charge in [0.05, 0.1) is 6.61 Å². The summed E-state index contributed by atoms with van der Waals surface area (Å²) in [5, 5.41) is 1.07. The summed E-state index contributed by atoms with van der Waals surface area (Å²) in [4.78, 5) is 15.5. The maximum Gasteiger partial charge on any atom is 0.233 e. The van der Waals surface area contributed by atoms with Crippen LogP contribution in [0.25, 0.3) is 10.9 Å². The summed E-state index contributed by atoms with van der Waals surface area (Å²) in [6.45, 7) is 2.52. The molecule has 1 aromatic heterocycles. The Morgan fingerprint density at radius 3 is 2.95 bits per heavy atom. The fourth-order valence-corrected chi connectivity index (χ4v) is 1.98. The number of fused-ring (bicyclic) bond motifs is 1. The molecule has 0 saturated heterocycles. The van der Waals surface area contributed by atoms with E-state index in [4.69, 9.17) is 10.6 Å². The molecule has 0 unspecified atom stereocenters. The Morgan fingerprint density at radius 2 is 2.15 bits per heavy atom. The number of unbranched alkanes of at least 4 members (excludes halogenated alkanes) is 1. The van der Waals surface area contributed by atoms with Crippen molar-refractivity contribution < 1.29 is 9.53 Å². The SMILES string of the molecule is Cc1ccc2cccc(OCCCCC(=O)NN)c2n1. The molecule has 1 heterocycles. The van der Waals surface area contributed by atoms with Gasteiger partial charge in [0, 0.05) is 17.5 Å². The minimum atomic E-state index is -0.146. The van der Waals surface area contributed by atoms with Gasteiger partial charge in [-0.1, -0.05) is 18.2 Å². The predicted octanol–water partition coefficient (Wildman–Crippen LogP) is 2.08. The lowest BCUT2D eigenvalue weighted by molar-refractivity contribution is -0.121. The van der Waals surface area contributed by atoms with Crippen molar-refractivity contribution in [2.24, 2.45) is 5.84 Å². The standard InChI is InChI=1S/C15H19N3O2/c1-11-8-9-12-5-4-6-13(15(12)17-11)20-10-3-2-7-14(19)18-16/h4-6,8-9H,2-3,7,10,16H2,1H3,(H,18,19). The number of nitrogens with zero attached hydrogens (tertiary/aromatic N) is 1. The third-order valence-corrected chi connectivity index (χ3v) is 3.04. The molecule has 1 aromatic carbocycles. The predicted molar refractivity (Wildman–Crippen MR) is 78.2 cm³/mol. The van der Waals surface area contributed by atoms with E-state index in [-0.39, 0.29) is 5.91 Å². The number of hydrazine groups is 1. The van der Waals surface area contributed by atoms with Crippen LogP contribution in [0.5, 0.6) is 5.75 Å². The molecule has 0 radical (unpaired) electrons. The zero-order valence-corrected chi connectivity index (χ0v) is 11.6. The maximum atomic E-state index is 11.0. The minimum Gasteiger partial charge on any atom is -0.491 e. The Labute approximate surface area is 118 Å². The first-order valence-corrected chi connectivity index (χ1v) is 6.69. The number of pyridine rings is 1. The molecule has 20 heavy (non-hydrogen) atoms. The lowest BCUT2D eigenvalue weighted by atomic mass is 10.2. The molecular weight excluding hydrogens is 254 g/mol. The third kappa shape index (κ3) is 3.68. The number of aryl methyl sites for hydroxylation is 1. The number of nitrogens with two attached hydrogens (primary N) is 1. The van der Waals surface area contributed by atoms with Crippen LogP contribution in [0.3, 0.4) is 0 Å². The summed E-state index contributed by atoms with van der Waals surface area (Å²) in [6, 6.07) is 9.91. The first kappa shape index (κ1) is 14.3. The van der Waals surface area contributed by atoms with Gasteiger partial charge in [-0.2, -0.15) is 0 Å². The molecular formula is C15H19N3O2. The molecule has 2 aromatic rings. The number of hydrogen-bond donors (Lipinski definition) is 2. The Kier molecular flexibility index (Phi) is 4.90. The van der Waals surface area contributed by atoms with Crippen molar-refractivity contribution in [2.75, 3.05) is 6.61 Å². The Morgan fingerprint density at radius 1 is 1.30 bits per heavy atom. The minimum absolute atomic E-state index is 0.146. The average Bonchev–Trinajstić information content (AvgIpc) is 2.46. The van der Waals surface area contributed by atoms with Crippen molar-refractivity contribution in [3.8, 4) is 5.75 Å². The van der Waals surface area contributed by atoms with Crippen LogP contribution < -0.4 is 16.0 Å². The lowest BCUT2D eigenvalue weighted by Crippen LogP contribution is -2.29. The van der Waals surface area contributed by atoms with Crippen LogP contribution in [-0.2, 0) is 4.79 Å². The van der Waals surface area contributed by atoms with E-state index in [1.807, 2.05) is 37.3 Å². The molecule has 0 aliphatic rings. The quantitative estimate of drug-likeness (QED) is 0.365. The molecule has 1 amide bonds. The van der Waals surface area contributed by atoms with E-state index in [1.54, 1.807) is 0 Å². The zero-order chi connectivity index (χ0) is 14.4. The first-order valence-electron chi connectivity index (χ1n) is 6.69.